The first kappa shape index (κ1) is 24.7. The van der Waals surface area contributed by atoms with Gasteiger partial charge in [0.2, 0.25) is 5.91 Å². The van der Waals surface area contributed by atoms with E-state index in [-0.39, 0.29) is 36.4 Å². The molecule has 0 unspecified atom stereocenters. The Balaban J connectivity index is 0.00000625. The zero-order valence-electron chi connectivity index (χ0n) is 16.7. The minimum absolute atomic E-state index is 0. The van der Waals surface area contributed by atoms with Gasteiger partial charge in [-0.2, -0.15) is 0 Å². The zero-order valence-corrected chi connectivity index (χ0v) is 19.0. The number of alkyl carbamates (subject to hydrolysis) is 1. The van der Waals surface area contributed by atoms with Crippen molar-refractivity contribution >= 4 is 41.9 Å². The number of carbonyl (C=O) groups excluding carboxylic acids is 2. The lowest BCUT2D eigenvalue weighted by Crippen LogP contribution is -2.54. The molecule has 26 heavy (non-hydrogen) atoms. The monoisotopic (exact) mass is 483 g/mol. The van der Waals surface area contributed by atoms with Gasteiger partial charge in [0, 0.05) is 19.1 Å². The van der Waals surface area contributed by atoms with Crippen molar-refractivity contribution in [3.63, 3.8) is 0 Å². The van der Waals surface area contributed by atoms with E-state index in [9.17, 15) is 9.59 Å². The molecule has 0 aliphatic heterocycles. The van der Waals surface area contributed by atoms with Crippen LogP contribution < -0.4 is 21.3 Å². The van der Waals surface area contributed by atoms with Crippen molar-refractivity contribution in [3.8, 4) is 0 Å². The lowest BCUT2D eigenvalue weighted by molar-refractivity contribution is -0.119. The quantitative estimate of drug-likeness (QED) is 0.251. The number of aliphatic imine (C=N–C) groups is 1. The third-order valence-electron chi connectivity index (χ3n) is 3.20. The molecule has 2 amide bonds. The molecule has 0 atom stereocenters. The van der Waals surface area contributed by atoms with Crippen LogP contribution in [0.1, 0.15) is 54.4 Å². The van der Waals surface area contributed by atoms with Gasteiger partial charge in [0.15, 0.2) is 5.96 Å². The van der Waals surface area contributed by atoms with E-state index in [1.54, 1.807) is 0 Å². The number of halogens is 1. The van der Waals surface area contributed by atoms with Crippen molar-refractivity contribution in [2.75, 3.05) is 19.6 Å². The lowest BCUT2D eigenvalue weighted by Gasteiger charge is -2.29. The summed E-state index contributed by atoms with van der Waals surface area (Å²) in [6, 6.07) is 0.329. The summed E-state index contributed by atoms with van der Waals surface area (Å²) < 4.78 is 5.27. The average Bonchev–Trinajstić information content (AvgIpc) is 3.23. The van der Waals surface area contributed by atoms with Crippen molar-refractivity contribution in [3.05, 3.63) is 0 Å². The minimum atomic E-state index is -0.547. The fourth-order valence-electron chi connectivity index (χ4n) is 1.92. The molecule has 0 heterocycles. The van der Waals surface area contributed by atoms with Crippen LogP contribution in [0.15, 0.2) is 4.99 Å². The molecule has 4 N–H and O–H groups in total. The van der Waals surface area contributed by atoms with Crippen LogP contribution in [0.3, 0.4) is 0 Å². The highest BCUT2D eigenvalue weighted by Crippen LogP contribution is 2.18. The normalized spacial score (nSPS) is 14.8. The van der Waals surface area contributed by atoms with E-state index in [2.05, 4.69) is 26.3 Å². The molecule has 0 saturated heterocycles. The molecule has 1 saturated carbocycles. The first-order valence-electron chi connectivity index (χ1n) is 8.83. The Bertz CT molecular complexity index is 499. The van der Waals surface area contributed by atoms with Gasteiger partial charge in [-0.15, -0.1) is 24.0 Å². The standard InChI is InChI=1S/C17H33N5O3.HI/c1-7-18-14(19-10-13(23)21-12-8-9-12)20-11-17(5,6)22-15(24)25-16(2,3)4;/h12H,7-11H2,1-6H3,(H,21,23)(H,22,24)(H2,18,19,20);1H. The van der Waals surface area contributed by atoms with Crippen LogP contribution in [0.2, 0.25) is 0 Å². The van der Waals surface area contributed by atoms with Crippen LogP contribution in [0, 0.1) is 0 Å². The number of ether oxygens (including phenoxy) is 1. The highest BCUT2D eigenvalue weighted by atomic mass is 127. The van der Waals surface area contributed by atoms with Gasteiger partial charge in [-0.3, -0.25) is 4.79 Å². The molecule has 1 rings (SSSR count). The Kier molecular flexibility index (Phi) is 10.3. The van der Waals surface area contributed by atoms with Crippen LogP contribution in [-0.2, 0) is 9.53 Å². The fraction of sp³-hybridized carbons (Fsp3) is 0.824. The van der Waals surface area contributed by atoms with Gasteiger partial charge in [-0.1, -0.05) is 0 Å². The minimum Gasteiger partial charge on any atom is -0.444 e. The first-order chi connectivity index (χ1) is 11.5. The summed E-state index contributed by atoms with van der Waals surface area (Å²) in [5, 5.41) is 11.9. The zero-order chi connectivity index (χ0) is 19.1. The summed E-state index contributed by atoms with van der Waals surface area (Å²) in [7, 11) is 0. The molecule has 1 aliphatic rings. The van der Waals surface area contributed by atoms with Crippen LogP contribution in [-0.4, -0.2) is 54.8 Å². The Morgan fingerprint density at radius 3 is 2.23 bits per heavy atom. The van der Waals surface area contributed by atoms with Gasteiger partial charge in [0.05, 0.1) is 5.54 Å². The molecule has 0 aromatic carbocycles. The predicted molar refractivity (Wildman–Crippen MR) is 114 cm³/mol. The third kappa shape index (κ3) is 12.2. The molecule has 0 spiro atoms. The SMILES string of the molecule is CCNC(=NCC(=O)NC1CC1)NCC(C)(C)NC(=O)OC(C)(C)C.I. The van der Waals surface area contributed by atoms with E-state index in [1.807, 2.05) is 41.5 Å². The molecule has 0 radical (unpaired) electrons. The fourth-order valence-corrected chi connectivity index (χ4v) is 1.92. The van der Waals surface area contributed by atoms with Crippen LogP contribution in [0.4, 0.5) is 4.79 Å². The van der Waals surface area contributed by atoms with Crippen molar-refractivity contribution in [1.29, 1.82) is 0 Å². The van der Waals surface area contributed by atoms with Gasteiger partial charge >= 0.3 is 6.09 Å². The number of nitrogens with one attached hydrogen (secondary N) is 4. The number of carbonyl (C=O) groups is 2. The Hall–Kier alpha value is -1.26. The summed E-state index contributed by atoms with van der Waals surface area (Å²) in [5.41, 5.74) is -1.09. The molecule has 8 nitrogen and oxygen atoms in total. The van der Waals surface area contributed by atoms with Crippen LogP contribution in [0.5, 0.6) is 0 Å². The second-order valence-corrected chi connectivity index (χ2v) is 7.90. The summed E-state index contributed by atoms with van der Waals surface area (Å²) in [5.74, 6) is 0.457. The van der Waals surface area contributed by atoms with Gasteiger partial charge in [-0.05, 0) is 54.4 Å². The summed E-state index contributed by atoms with van der Waals surface area (Å²) in [6.45, 7) is 12.4. The van der Waals surface area contributed by atoms with E-state index in [1.165, 1.54) is 0 Å². The van der Waals surface area contributed by atoms with E-state index < -0.39 is 17.2 Å². The number of hydrogen-bond donors (Lipinski definition) is 4. The van der Waals surface area contributed by atoms with E-state index in [0.29, 0.717) is 25.1 Å². The largest absolute Gasteiger partial charge is 0.444 e. The van der Waals surface area contributed by atoms with Crippen molar-refractivity contribution in [2.24, 2.45) is 4.99 Å². The van der Waals surface area contributed by atoms with Gasteiger partial charge < -0.3 is 26.0 Å². The van der Waals surface area contributed by atoms with Gasteiger partial charge in [-0.25, -0.2) is 9.79 Å². The summed E-state index contributed by atoms with van der Waals surface area (Å²) in [4.78, 5) is 27.9. The highest BCUT2D eigenvalue weighted by molar-refractivity contribution is 14.0. The number of nitrogens with zero attached hydrogens (tertiary/aromatic N) is 1. The van der Waals surface area contributed by atoms with Crippen molar-refractivity contribution in [1.82, 2.24) is 21.3 Å². The molecule has 0 aromatic heterocycles. The molecular formula is C17H34IN5O3. The molecule has 0 aromatic rings. The highest BCUT2D eigenvalue weighted by Gasteiger charge is 2.25. The third-order valence-corrected chi connectivity index (χ3v) is 3.20. The van der Waals surface area contributed by atoms with Gasteiger partial charge in [0.1, 0.15) is 12.1 Å². The number of amides is 2. The van der Waals surface area contributed by atoms with E-state index >= 15 is 0 Å². The Labute approximate surface area is 173 Å². The van der Waals surface area contributed by atoms with Crippen molar-refractivity contribution < 1.29 is 14.3 Å². The first-order valence-corrected chi connectivity index (χ1v) is 8.83. The molecule has 9 heteroatoms. The van der Waals surface area contributed by atoms with E-state index in [0.717, 1.165) is 12.8 Å². The second kappa shape index (κ2) is 10.8. The number of hydrogen-bond acceptors (Lipinski definition) is 4. The summed E-state index contributed by atoms with van der Waals surface area (Å²) in [6.07, 6.45) is 1.64. The average molecular weight is 483 g/mol. The molecule has 152 valence electrons. The van der Waals surface area contributed by atoms with Gasteiger partial charge in [0.25, 0.3) is 0 Å². The Morgan fingerprint density at radius 1 is 1.12 bits per heavy atom. The lowest BCUT2D eigenvalue weighted by atomic mass is 10.1. The molecule has 1 fully saturated rings. The smallest absolute Gasteiger partial charge is 0.408 e. The second-order valence-electron chi connectivity index (χ2n) is 7.90. The van der Waals surface area contributed by atoms with Crippen LogP contribution >= 0.6 is 24.0 Å². The summed E-state index contributed by atoms with van der Waals surface area (Å²) >= 11 is 0. The molecule has 0 bridgehead atoms. The topological polar surface area (TPSA) is 104 Å². The molecular weight excluding hydrogens is 449 g/mol. The predicted octanol–water partition coefficient (Wildman–Crippen LogP) is 1.74. The van der Waals surface area contributed by atoms with E-state index in [4.69, 9.17) is 4.74 Å². The van der Waals surface area contributed by atoms with Crippen molar-refractivity contribution in [2.45, 2.75) is 71.6 Å². The van der Waals surface area contributed by atoms with Crippen LogP contribution in [0.25, 0.3) is 0 Å². The Morgan fingerprint density at radius 2 is 1.73 bits per heavy atom. The maximum absolute atomic E-state index is 11.9. The number of guanidine groups is 1. The maximum Gasteiger partial charge on any atom is 0.408 e. The maximum atomic E-state index is 11.9. The molecule has 1 aliphatic carbocycles. The number of rotatable bonds is 7.